The molecule has 1 atom stereocenters. The van der Waals surface area contributed by atoms with Crippen LogP contribution in [0.2, 0.25) is 5.02 Å². The number of fused-ring (bicyclic) bond motifs is 3. The summed E-state index contributed by atoms with van der Waals surface area (Å²) in [5.74, 6) is -0.00926. The molecular weight excluding hydrogens is 249 g/mol. The van der Waals surface area contributed by atoms with E-state index in [1.165, 1.54) is 6.07 Å². The Morgan fingerprint density at radius 3 is 2.78 bits per heavy atom. The molecule has 1 aliphatic rings. The van der Waals surface area contributed by atoms with E-state index in [0.717, 1.165) is 23.1 Å². The average molecular weight is 262 g/mol. The first-order valence-corrected chi connectivity index (χ1v) is 6.38. The van der Waals surface area contributed by atoms with Crippen LogP contribution in [0.3, 0.4) is 0 Å². The molecular formula is C15H13ClFN. The first kappa shape index (κ1) is 11.7. The van der Waals surface area contributed by atoms with Gasteiger partial charge in [-0.2, -0.15) is 0 Å². The lowest BCUT2D eigenvalue weighted by atomic mass is 9.94. The highest BCUT2D eigenvalue weighted by atomic mass is 35.5. The van der Waals surface area contributed by atoms with Crippen molar-refractivity contribution in [2.45, 2.75) is 12.3 Å². The van der Waals surface area contributed by atoms with Crippen molar-refractivity contribution in [3.8, 4) is 11.1 Å². The molecule has 2 N–H and O–H groups in total. The van der Waals surface area contributed by atoms with Gasteiger partial charge in [-0.15, -0.1) is 0 Å². The Morgan fingerprint density at radius 1 is 1.17 bits per heavy atom. The fourth-order valence-corrected chi connectivity index (χ4v) is 2.99. The molecule has 0 saturated carbocycles. The normalized spacial score (nSPS) is 16.5. The lowest BCUT2D eigenvalue weighted by molar-refractivity contribution is 0.629. The highest BCUT2D eigenvalue weighted by Crippen LogP contribution is 2.47. The molecule has 2 aromatic carbocycles. The number of benzene rings is 2. The van der Waals surface area contributed by atoms with Gasteiger partial charge in [-0.25, -0.2) is 4.39 Å². The molecule has 0 aliphatic heterocycles. The minimum absolute atomic E-state index is 0.161. The Hall–Kier alpha value is -1.38. The molecule has 0 fully saturated rings. The fraction of sp³-hybridized carbons (Fsp3) is 0.200. The summed E-state index contributed by atoms with van der Waals surface area (Å²) >= 11 is 6.05. The Balaban J connectivity index is 2.27. The van der Waals surface area contributed by atoms with Crippen molar-refractivity contribution in [2.24, 2.45) is 5.73 Å². The smallest absolute Gasteiger partial charge is 0.131 e. The molecule has 0 saturated heterocycles. The number of rotatable bonds is 2. The van der Waals surface area contributed by atoms with Crippen LogP contribution in [-0.4, -0.2) is 6.54 Å². The predicted molar refractivity (Wildman–Crippen MR) is 72.4 cm³/mol. The van der Waals surface area contributed by atoms with Gasteiger partial charge >= 0.3 is 0 Å². The second-order valence-corrected chi connectivity index (χ2v) is 5.00. The molecule has 92 valence electrons. The van der Waals surface area contributed by atoms with Gasteiger partial charge in [0.2, 0.25) is 0 Å². The molecule has 0 bridgehead atoms. The van der Waals surface area contributed by atoms with Gasteiger partial charge in [0.15, 0.2) is 0 Å². The lowest BCUT2D eigenvalue weighted by Gasteiger charge is -2.12. The molecule has 1 nitrogen and oxygen atoms in total. The number of nitrogens with two attached hydrogens (primary N) is 1. The first-order valence-electron chi connectivity index (χ1n) is 6.00. The zero-order valence-electron chi connectivity index (χ0n) is 9.79. The quantitative estimate of drug-likeness (QED) is 0.871. The summed E-state index contributed by atoms with van der Waals surface area (Å²) in [6, 6.07) is 10.9. The van der Waals surface area contributed by atoms with Crippen LogP contribution < -0.4 is 5.73 Å². The van der Waals surface area contributed by atoms with E-state index in [4.69, 9.17) is 17.3 Å². The van der Waals surface area contributed by atoms with Crippen LogP contribution in [0.4, 0.5) is 4.39 Å². The van der Waals surface area contributed by atoms with Crippen molar-refractivity contribution in [3.05, 3.63) is 58.4 Å². The predicted octanol–water partition coefficient (Wildman–Crippen LogP) is 3.94. The van der Waals surface area contributed by atoms with Crippen molar-refractivity contribution in [1.29, 1.82) is 0 Å². The standard InChI is InChI=1S/C15H13ClFN/c16-9-4-5-12-13(8-9)10(6-7-18)11-2-1-3-14(17)15(11)12/h1-5,8,10H,6-7,18H2. The zero-order valence-corrected chi connectivity index (χ0v) is 10.5. The summed E-state index contributed by atoms with van der Waals surface area (Å²) in [5.41, 5.74) is 9.45. The maximum absolute atomic E-state index is 14.0. The average Bonchev–Trinajstić information content (AvgIpc) is 2.66. The van der Waals surface area contributed by atoms with Gasteiger partial charge in [-0.05, 0) is 47.9 Å². The minimum atomic E-state index is -0.171. The van der Waals surface area contributed by atoms with Crippen LogP contribution in [-0.2, 0) is 0 Å². The highest BCUT2D eigenvalue weighted by Gasteiger charge is 2.30. The fourth-order valence-electron chi connectivity index (χ4n) is 2.81. The number of halogens is 2. The number of hydrogen-bond acceptors (Lipinski definition) is 1. The van der Waals surface area contributed by atoms with Crippen LogP contribution in [0.1, 0.15) is 23.5 Å². The summed E-state index contributed by atoms with van der Waals surface area (Å²) in [5, 5.41) is 0.684. The van der Waals surface area contributed by atoms with E-state index < -0.39 is 0 Å². The van der Waals surface area contributed by atoms with Crippen molar-refractivity contribution in [1.82, 2.24) is 0 Å². The van der Waals surface area contributed by atoms with Gasteiger partial charge in [0.05, 0.1) is 0 Å². The second-order valence-electron chi connectivity index (χ2n) is 4.57. The van der Waals surface area contributed by atoms with Gasteiger partial charge in [0.25, 0.3) is 0 Å². The molecule has 0 heterocycles. The number of hydrogen-bond donors (Lipinski definition) is 1. The molecule has 2 aromatic rings. The summed E-state index contributed by atoms with van der Waals surface area (Å²) < 4.78 is 14.0. The van der Waals surface area contributed by atoms with Gasteiger partial charge in [-0.3, -0.25) is 0 Å². The van der Waals surface area contributed by atoms with Gasteiger partial charge in [-0.1, -0.05) is 29.8 Å². The van der Waals surface area contributed by atoms with Crippen LogP contribution in [0.5, 0.6) is 0 Å². The molecule has 1 aliphatic carbocycles. The third-order valence-corrected chi connectivity index (χ3v) is 3.77. The molecule has 0 spiro atoms. The maximum atomic E-state index is 14.0. The Kier molecular flexibility index (Phi) is 2.84. The largest absolute Gasteiger partial charge is 0.330 e. The van der Waals surface area contributed by atoms with Crippen molar-refractivity contribution >= 4 is 11.6 Å². The molecule has 0 aromatic heterocycles. The highest BCUT2D eigenvalue weighted by molar-refractivity contribution is 6.30. The van der Waals surface area contributed by atoms with Gasteiger partial charge in [0.1, 0.15) is 5.82 Å². The van der Waals surface area contributed by atoms with E-state index >= 15 is 0 Å². The van der Waals surface area contributed by atoms with E-state index in [2.05, 4.69) is 0 Å². The minimum Gasteiger partial charge on any atom is -0.330 e. The Labute approximate surface area is 110 Å². The summed E-state index contributed by atoms with van der Waals surface area (Å²) in [4.78, 5) is 0. The van der Waals surface area contributed by atoms with E-state index in [1.54, 1.807) is 12.1 Å². The molecule has 1 unspecified atom stereocenters. The van der Waals surface area contributed by atoms with Gasteiger partial charge < -0.3 is 5.73 Å². The van der Waals surface area contributed by atoms with Crippen molar-refractivity contribution in [2.75, 3.05) is 6.54 Å². The third kappa shape index (κ3) is 1.64. The maximum Gasteiger partial charge on any atom is 0.131 e. The molecule has 0 radical (unpaired) electrons. The van der Waals surface area contributed by atoms with E-state index in [0.29, 0.717) is 17.1 Å². The molecule has 3 heteroatoms. The van der Waals surface area contributed by atoms with Crippen LogP contribution >= 0.6 is 11.6 Å². The lowest BCUT2D eigenvalue weighted by Crippen LogP contribution is -2.06. The summed E-state index contributed by atoms with van der Waals surface area (Å²) in [6.45, 7) is 0.576. The first-order chi connectivity index (χ1) is 8.72. The third-order valence-electron chi connectivity index (χ3n) is 3.53. The SMILES string of the molecule is NCCC1c2cc(Cl)ccc2-c2c(F)cccc21. The molecule has 3 rings (SSSR count). The molecule has 0 amide bonds. The van der Waals surface area contributed by atoms with Crippen LogP contribution in [0.25, 0.3) is 11.1 Å². The monoisotopic (exact) mass is 261 g/mol. The van der Waals surface area contributed by atoms with Crippen LogP contribution in [0.15, 0.2) is 36.4 Å². The zero-order chi connectivity index (χ0) is 12.7. The summed E-state index contributed by atoms with van der Waals surface area (Å²) in [6.07, 6.45) is 0.809. The van der Waals surface area contributed by atoms with Gasteiger partial charge in [0, 0.05) is 16.5 Å². The van der Waals surface area contributed by atoms with Crippen molar-refractivity contribution < 1.29 is 4.39 Å². The van der Waals surface area contributed by atoms with E-state index in [1.807, 2.05) is 18.2 Å². The van der Waals surface area contributed by atoms with E-state index in [-0.39, 0.29) is 11.7 Å². The van der Waals surface area contributed by atoms with Crippen molar-refractivity contribution in [3.63, 3.8) is 0 Å². The topological polar surface area (TPSA) is 26.0 Å². The molecule has 18 heavy (non-hydrogen) atoms. The Bertz CT molecular complexity index is 609. The van der Waals surface area contributed by atoms with E-state index in [9.17, 15) is 4.39 Å². The van der Waals surface area contributed by atoms with Crippen LogP contribution in [0, 0.1) is 5.82 Å². The second kappa shape index (κ2) is 4.38. The Morgan fingerprint density at radius 2 is 2.00 bits per heavy atom. The summed E-state index contributed by atoms with van der Waals surface area (Å²) in [7, 11) is 0.